The molecule has 0 radical (unpaired) electrons. The second-order valence-electron chi connectivity index (χ2n) is 5.04. The molecule has 5 nitrogen and oxygen atoms in total. The van der Waals surface area contributed by atoms with E-state index in [-0.39, 0.29) is 11.4 Å². The quantitative estimate of drug-likeness (QED) is 0.735. The summed E-state index contributed by atoms with van der Waals surface area (Å²) in [7, 11) is 5.05. The molecule has 0 spiro atoms. The molecule has 1 heterocycles. The van der Waals surface area contributed by atoms with E-state index in [1.165, 1.54) is 9.80 Å². The minimum Gasteiger partial charge on any atom is -0.338 e. The highest BCUT2D eigenvalue weighted by Crippen LogP contribution is 2.25. The van der Waals surface area contributed by atoms with E-state index in [0.29, 0.717) is 5.88 Å². The van der Waals surface area contributed by atoms with Crippen LogP contribution in [-0.2, 0) is 5.41 Å². The van der Waals surface area contributed by atoms with Crippen LogP contribution >= 0.6 is 0 Å². The first-order valence-corrected chi connectivity index (χ1v) is 5.15. The minimum absolute atomic E-state index is 0.0796. The summed E-state index contributed by atoms with van der Waals surface area (Å²) in [6, 6.07) is 1.65. The first kappa shape index (κ1) is 12.5. The smallest absolute Gasteiger partial charge is 0.326 e. The largest absolute Gasteiger partial charge is 0.338 e. The van der Waals surface area contributed by atoms with Crippen LogP contribution in [0.2, 0.25) is 0 Å². The monoisotopic (exact) mass is 225 g/mol. The molecule has 5 heteroatoms. The molecule has 0 atom stereocenters. The Balaban J connectivity index is 2.90. The number of urea groups is 1. The topological polar surface area (TPSA) is 49.6 Å². The van der Waals surface area contributed by atoms with Crippen LogP contribution in [0.5, 0.6) is 0 Å². The van der Waals surface area contributed by atoms with Crippen LogP contribution in [-0.4, -0.2) is 37.2 Å². The molecule has 0 aliphatic carbocycles. The Bertz CT molecular complexity index is 377. The van der Waals surface area contributed by atoms with E-state index in [4.69, 9.17) is 4.52 Å². The second kappa shape index (κ2) is 4.15. The van der Waals surface area contributed by atoms with Gasteiger partial charge in [-0.05, 0) is 0 Å². The zero-order valence-electron chi connectivity index (χ0n) is 10.7. The molecule has 2 amide bonds. The van der Waals surface area contributed by atoms with Crippen molar-refractivity contribution in [3.05, 3.63) is 11.8 Å². The summed E-state index contributed by atoms with van der Waals surface area (Å²) < 4.78 is 5.15. The third-order valence-electron chi connectivity index (χ3n) is 2.27. The molecule has 0 aromatic carbocycles. The van der Waals surface area contributed by atoms with Crippen molar-refractivity contribution < 1.29 is 9.32 Å². The lowest BCUT2D eigenvalue weighted by Crippen LogP contribution is -2.36. The van der Waals surface area contributed by atoms with Gasteiger partial charge in [-0.3, -0.25) is 4.90 Å². The lowest BCUT2D eigenvalue weighted by molar-refractivity contribution is 0.223. The first-order valence-electron chi connectivity index (χ1n) is 5.15. The lowest BCUT2D eigenvalue weighted by atomic mass is 9.92. The van der Waals surface area contributed by atoms with E-state index < -0.39 is 0 Å². The number of nitrogens with zero attached hydrogens (tertiary/aromatic N) is 3. The standard InChI is InChI=1S/C11H19N3O2/c1-11(2,3)8-7-9(16-12-8)14(6)10(15)13(4)5/h7H,1-6H3. The van der Waals surface area contributed by atoms with Crippen molar-refractivity contribution in [3.63, 3.8) is 0 Å². The molecule has 0 saturated heterocycles. The molecular weight excluding hydrogens is 206 g/mol. The number of aromatic nitrogens is 1. The van der Waals surface area contributed by atoms with Crippen molar-refractivity contribution in [3.8, 4) is 0 Å². The summed E-state index contributed by atoms with van der Waals surface area (Å²) in [6.45, 7) is 6.13. The number of anilines is 1. The Kier molecular flexibility index (Phi) is 3.26. The lowest BCUT2D eigenvalue weighted by Gasteiger charge is -2.18. The number of rotatable bonds is 1. The van der Waals surface area contributed by atoms with E-state index in [0.717, 1.165) is 5.69 Å². The van der Waals surface area contributed by atoms with Crippen LogP contribution in [0.1, 0.15) is 26.5 Å². The average Bonchev–Trinajstić information content (AvgIpc) is 2.63. The van der Waals surface area contributed by atoms with Gasteiger partial charge in [0.2, 0.25) is 5.88 Å². The molecule has 1 aromatic heterocycles. The van der Waals surface area contributed by atoms with Gasteiger partial charge in [0.25, 0.3) is 0 Å². The maximum Gasteiger partial charge on any atom is 0.326 e. The first-order chi connectivity index (χ1) is 7.23. The van der Waals surface area contributed by atoms with Crippen molar-refractivity contribution in [2.24, 2.45) is 0 Å². The Labute approximate surface area is 96.0 Å². The second-order valence-corrected chi connectivity index (χ2v) is 5.04. The predicted octanol–water partition coefficient (Wildman–Crippen LogP) is 2.09. The molecule has 1 rings (SSSR count). The van der Waals surface area contributed by atoms with Gasteiger partial charge in [0.15, 0.2) is 0 Å². The maximum atomic E-state index is 11.7. The van der Waals surface area contributed by atoms with E-state index in [1.54, 1.807) is 27.2 Å². The Morgan fingerprint density at radius 1 is 1.31 bits per heavy atom. The highest BCUT2D eigenvalue weighted by Gasteiger charge is 2.22. The molecule has 90 valence electrons. The fourth-order valence-electron chi connectivity index (χ4n) is 1.17. The number of carbonyl (C=O) groups excluding carboxylic acids is 1. The molecule has 0 aliphatic rings. The van der Waals surface area contributed by atoms with Gasteiger partial charge in [0.05, 0.1) is 5.69 Å². The fraction of sp³-hybridized carbons (Fsp3) is 0.636. The summed E-state index contributed by atoms with van der Waals surface area (Å²) in [5.41, 5.74) is 0.755. The number of hydrogen-bond donors (Lipinski definition) is 0. The van der Waals surface area contributed by atoms with Gasteiger partial charge in [-0.2, -0.15) is 0 Å². The molecule has 0 fully saturated rings. The van der Waals surface area contributed by atoms with Gasteiger partial charge in [-0.15, -0.1) is 0 Å². The Morgan fingerprint density at radius 2 is 1.88 bits per heavy atom. The number of carbonyl (C=O) groups is 1. The molecule has 0 unspecified atom stereocenters. The zero-order chi connectivity index (χ0) is 12.5. The van der Waals surface area contributed by atoms with Crippen molar-refractivity contribution in [1.82, 2.24) is 10.1 Å². The Hall–Kier alpha value is -1.52. The fourth-order valence-corrected chi connectivity index (χ4v) is 1.17. The summed E-state index contributed by atoms with van der Waals surface area (Å²) in [4.78, 5) is 14.6. The minimum atomic E-state index is -0.142. The van der Waals surface area contributed by atoms with E-state index in [9.17, 15) is 4.79 Å². The van der Waals surface area contributed by atoms with Crippen LogP contribution in [0.15, 0.2) is 10.6 Å². The van der Waals surface area contributed by atoms with Gasteiger partial charge >= 0.3 is 6.03 Å². The highest BCUT2D eigenvalue weighted by molar-refractivity contribution is 5.89. The van der Waals surface area contributed by atoms with E-state index >= 15 is 0 Å². The molecular formula is C11H19N3O2. The predicted molar refractivity (Wildman–Crippen MR) is 62.7 cm³/mol. The summed E-state index contributed by atoms with van der Waals surface area (Å²) in [6.07, 6.45) is 0. The summed E-state index contributed by atoms with van der Waals surface area (Å²) in [5, 5.41) is 3.96. The number of hydrogen-bond acceptors (Lipinski definition) is 3. The summed E-state index contributed by atoms with van der Waals surface area (Å²) in [5.74, 6) is 0.462. The SMILES string of the molecule is CN(C)C(=O)N(C)c1cc(C(C)(C)C)no1. The number of amides is 2. The molecule has 0 saturated carbocycles. The normalized spacial score (nSPS) is 11.4. The molecule has 0 N–H and O–H groups in total. The molecule has 0 bridgehead atoms. The van der Waals surface area contributed by atoms with Gasteiger partial charge in [-0.25, -0.2) is 4.79 Å². The van der Waals surface area contributed by atoms with Gasteiger partial charge in [-0.1, -0.05) is 25.9 Å². The molecule has 1 aromatic rings. The van der Waals surface area contributed by atoms with Crippen LogP contribution in [0, 0.1) is 0 Å². The third kappa shape index (κ3) is 2.53. The highest BCUT2D eigenvalue weighted by atomic mass is 16.5. The van der Waals surface area contributed by atoms with E-state index in [1.807, 2.05) is 20.8 Å². The van der Waals surface area contributed by atoms with E-state index in [2.05, 4.69) is 5.16 Å². The zero-order valence-corrected chi connectivity index (χ0v) is 10.7. The average molecular weight is 225 g/mol. The van der Waals surface area contributed by atoms with Crippen molar-refractivity contribution in [2.75, 3.05) is 26.0 Å². The third-order valence-corrected chi connectivity index (χ3v) is 2.27. The molecule has 16 heavy (non-hydrogen) atoms. The van der Waals surface area contributed by atoms with Crippen LogP contribution in [0.4, 0.5) is 10.7 Å². The maximum absolute atomic E-state index is 11.7. The van der Waals surface area contributed by atoms with Crippen LogP contribution in [0.25, 0.3) is 0 Å². The molecule has 0 aliphatic heterocycles. The van der Waals surface area contributed by atoms with Crippen molar-refractivity contribution in [2.45, 2.75) is 26.2 Å². The summed E-state index contributed by atoms with van der Waals surface area (Å²) >= 11 is 0. The van der Waals surface area contributed by atoms with Crippen LogP contribution < -0.4 is 4.90 Å². The van der Waals surface area contributed by atoms with Gasteiger partial charge in [0, 0.05) is 32.6 Å². The van der Waals surface area contributed by atoms with Crippen molar-refractivity contribution in [1.29, 1.82) is 0 Å². The van der Waals surface area contributed by atoms with Crippen molar-refractivity contribution >= 4 is 11.9 Å². The Morgan fingerprint density at radius 3 is 2.25 bits per heavy atom. The van der Waals surface area contributed by atoms with Gasteiger partial charge in [0.1, 0.15) is 0 Å². The van der Waals surface area contributed by atoms with Crippen LogP contribution in [0.3, 0.4) is 0 Å². The van der Waals surface area contributed by atoms with Gasteiger partial charge < -0.3 is 9.42 Å².